The molecule has 0 aliphatic carbocycles. The van der Waals surface area contributed by atoms with E-state index in [0.717, 1.165) is 11.1 Å². The van der Waals surface area contributed by atoms with Gasteiger partial charge in [0.2, 0.25) is 11.3 Å². The van der Waals surface area contributed by atoms with Crippen LogP contribution in [0, 0.1) is 6.92 Å². The minimum absolute atomic E-state index is 0.266. The second-order valence-electron chi connectivity index (χ2n) is 5.27. The molecule has 7 heteroatoms. The van der Waals surface area contributed by atoms with Crippen LogP contribution in [0.2, 0.25) is 0 Å². The zero-order valence-electron chi connectivity index (χ0n) is 12.2. The molecule has 0 saturated carbocycles. The summed E-state index contributed by atoms with van der Waals surface area (Å²) < 4.78 is 4.56. The Hall–Kier alpha value is -2.80. The molecule has 0 unspecified atom stereocenters. The van der Waals surface area contributed by atoms with Crippen LogP contribution in [0.4, 0.5) is 0 Å². The maximum atomic E-state index is 12.0. The summed E-state index contributed by atoms with van der Waals surface area (Å²) in [5, 5.41) is 9.36. The average molecular weight is 324 g/mol. The molecule has 0 saturated heterocycles. The fraction of sp³-hybridized carbons (Fsp3) is 0.125. The van der Waals surface area contributed by atoms with Gasteiger partial charge in [0.25, 0.3) is 5.56 Å². The highest BCUT2D eigenvalue weighted by atomic mass is 32.1. The maximum Gasteiger partial charge on any atom is 0.271 e. The molecule has 0 radical (unpaired) electrons. The molecule has 0 spiro atoms. The first-order valence-corrected chi connectivity index (χ1v) is 7.93. The number of nitrogens with zero attached hydrogens (tertiary/aromatic N) is 3. The Morgan fingerprint density at radius 1 is 1.17 bits per heavy atom. The van der Waals surface area contributed by atoms with Crippen LogP contribution in [0.3, 0.4) is 0 Å². The second-order valence-corrected chi connectivity index (χ2v) is 6.38. The number of aromatic nitrogens is 4. The molecule has 114 valence electrons. The van der Waals surface area contributed by atoms with Crippen molar-refractivity contribution in [3.63, 3.8) is 0 Å². The fourth-order valence-corrected chi connectivity index (χ4v) is 3.13. The van der Waals surface area contributed by atoms with Crippen molar-refractivity contribution in [2.24, 2.45) is 0 Å². The number of H-pyrrole nitrogens is 1. The maximum absolute atomic E-state index is 12.0. The van der Waals surface area contributed by atoms with E-state index in [9.17, 15) is 4.79 Å². The van der Waals surface area contributed by atoms with Gasteiger partial charge in [0.15, 0.2) is 0 Å². The molecule has 0 aliphatic heterocycles. The average Bonchev–Trinajstić information content (AvgIpc) is 3.17. The van der Waals surface area contributed by atoms with Crippen molar-refractivity contribution in [1.29, 1.82) is 0 Å². The summed E-state index contributed by atoms with van der Waals surface area (Å²) in [6.45, 7) is 2.09. The van der Waals surface area contributed by atoms with Crippen LogP contribution in [0.15, 0.2) is 45.1 Å². The number of aromatic amines is 1. The van der Waals surface area contributed by atoms with E-state index in [1.54, 1.807) is 11.3 Å². The topological polar surface area (TPSA) is 84.7 Å². The summed E-state index contributed by atoms with van der Waals surface area (Å²) >= 11 is 1.73. The molecule has 1 aromatic carbocycles. The molecule has 6 nitrogen and oxygen atoms in total. The molecule has 0 aliphatic rings. The van der Waals surface area contributed by atoms with Gasteiger partial charge in [-0.3, -0.25) is 9.78 Å². The van der Waals surface area contributed by atoms with Gasteiger partial charge in [-0.15, -0.1) is 11.3 Å². The number of rotatable bonds is 3. The van der Waals surface area contributed by atoms with Crippen LogP contribution in [-0.2, 0) is 6.42 Å². The predicted molar refractivity (Wildman–Crippen MR) is 87.5 cm³/mol. The first-order chi connectivity index (χ1) is 11.2. The third-order valence-corrected chi connectivity index (χ3v) is 4.46. The lowest BCUT2D eigenvalue weighted by molar-refractivity contribution is 0.314. The number of hydrogen-bond acceptors (Lipinski definition) is 6. The predicted octanol–water partition coefficient (Wildman–Crippen LogP) is 2.93. The van der Waals surface area contributed by atoms with Gasteiger partial charge in [0, 0.05) is 11.3 Å². The lowest BCUT2D eigenvalue weighted by atomic mass is 10.0. The molecule has 0 atom stereocenters. The first-order valence-electron chi connectivity index (χ1n) is 7.05. The first kappa shape index (κ1) is 13.8. The van der Waals surface area contributed by atoms with E-state index in [1.165, 1.54) is 10.4 Å². The molecule has 3 aromatic heterocycles. The number of benzene rings is 1. The summed E-state index contributed by atoms with van der Waals surface area (Å²) in [4.78, 5) is 20.1. The smallest absolute Gasteiger partial charge is 0.271 e. The lowest BCUT2D eigenvalue weighted by Gasteiger charge is -2.02. The molecule has 1 N–H and O–H groups in total. The molecule has 4 aromatic rings. The van der Waals surface area contributed by atoms with E-state index in [1.807, 2.05) is 12.1 Å². The number of thiophene rings is 1. The molecule has 23 heavy (non-hydrogen) atoms. The Kier molecular flexibility index (Phi) is 3.27. The van der Waals surface area contributed by atoms with Gasteiger partial charge in [0.1, 0.15) is 5.69 Å². The Bertz CT molecular complexity index is 1030. The largest absolute Gasteiger partial charge is 0.299 e. The SMILES string of the molecule is Cc1cc(-c2ccc(Cc3nc4nonc4[nH]c3=O)cc2)cs1. The van der Waals surface area contributed by atoms with Gasteiger partial charge in [-0.1, -0.05) is 24.3 Å². The van der Waals surface area contributed by atoms with Crippen LogP contribution in [-0.4, -0.2) is 20.3 Å². The molecular formula is C16H12N4O2S. The van der Waals surface area contributed by atoms with Gasteiger partial charge >= 0.3 is 0 Å². The lowest BCUT2D eigenvalue weighted by Crippen LogP contribution is -2.15. The summed E-state index contributed by atoms with van der Waals surface area (Å²) in [7, 11) is 0. The Labute approximate surface area is 134 Å². The minimum atomic E-state index is -0.272. The Morgan fingerprint density at radius 3 is 2.74 bits per heavy atom. The molecule has 0 bridgehead atoms. The van der Waals surface area contributed by atoms with E-state index in [-0.39, 0.29) is 11.2 Å². The van der Waals surface area contributed by atoms with Crippen molar-refractivity contribution < 1.29 is 4.63 Å². The fourth-order valence-electron chi connectivity index (χ4n) is 2.42. The van der Waals surface area contributed by atoms with Crippen molar-refractivity contribution in [2.45, 2.75) is 13.3 Å². The molecule has 4 rings (SSSR count). The highest BCUT2D eigenvalue weighted by Gasteiger charge is 2.10. The molecule has 0 fully saturated rings. The van der Waals surface area contributed by atoms with Crippen molar-refractivity contribution in [3.05, 3.63) is 62.2 Å². The number of nitrogens with one attached hydrogen (secondary N) is 1. The third kappa shape index (κ3) is 2.66. The molecular weight excluding hydrogens is 312 g/mol. The van der Waals surface area contributed by atoms with E-state index in [4.69, 9.17) is 0 Å². The van der Waals surface area contributed by atoms with Gasteiger partial charge in [0.05, 0.1) is 0 Å². The highest BCUT2D eigenvalue weighted by molar-refractivity contribution is 7.10. The minimum Gasteiger partial charge on any atom is -0.299 e. The monoisotopic (exact) mass is 324 g/mol. The second kappa shape index (κ2) is 5.44. The van der Waals surface area contributed by atoms with Crippen LogP contribution in [0.25, 0.3) is 22.4 Å². The van der Waals surface area contributed by atoms with Crippen LogP contribution < -0.4 is 5.56 Å². The van der Waals surface area contributed by atoms with Crippen molar-refractivity contribution in [2.75, 3.05) is 0 Å². The number of hydrogen-bond donors (Lipinski definition) is 1. The quantitative estimate of drug-likeness (QED) is 0.626. The van der Waals surface area contributed by atoms with Crippen LogP contribution >= 0.6 is 11.3 Å². The third-order valence-electron chi connectivity index (χ3n) is 3.60. The number of aryl methyl sites for hydroxylation is 1. The summed E-state index contributed by atoms with van der Waals surface area (Å²) in [5.74, 6) is 0. The van der Waals surface area contributed by atoms with E-state index in [2.05, 4.69) is 55.4 Å². The van der Waals surface area contributed by atoms with Crippen molar-refractivity contribution in [3.8, 4) is 11.1 Å². The van der Waals surface area contributed by atoms with Crippen molar-refractivity contribution in [1.82, 2.24) is 20.3 Å². The van der Waals surface area contributed by atoms with Gasteiger partial charge in [-0.25, -0.2) is 9.61 Å². The Balaban J connectivity index is 1.63. The van der Waals surface area contributed by atoms with E-state index < -0.39 is 0 Å². The van der Waals surface area contributed by atoms with E-state index in [0.29, 0.717) is 17.8 Å². The molecule has 0 amide bonds. The number of fused-ring (bicyclic) bond motifs is 1. The van der Waals surface area contributed by atoms with Crippen LogP contribution in [0.5, 0.6) is 0 Å². The zero-order valence-corrected chi connectivity index (χ0v) is 13.1. The normalized spacial score (nSPS) is 11.2. The van der Waals surface area contributed by atoms with Gasteiger partial charge in [-0.2, -0.15) is 0 Å². The summed E-state index contributed by atoms with van der Waals surface area (Å²) in [5.41, 5.74) is 4.08. The van der Waals surface area contributed by atoms with Gasteiger partial charge in [-0.05, 0) is 45.4 Å². The summed E-state index contributed by atoms with van der Waals surface area (Å²) in [6, 6.07) is 10.3. The van der Waals surface area contributed by atoms with Gasteiger partial charge < -0.3 is 0 Å². The Morgan fingerprint density at radius 2 is 2.00 bits per heavy atom. The standard InChI is InChI=1S/C16H12N4O2S/c1-9-6-12(8-23-9)11-4-2-10(3-5-11)7-13-16(21)18-15-14(17-13)19-22-20-15/h2-6,8H,7H2,1H3,(H,18,20,21). The highest BCUT2D eigenvalue weighted by Crippen LogP contribution is 2.25. The van der Waals surface area contributed by atoms with Crippen molar-refractivity contribution >= 4 is 22.6 Å². The summed E-state index contributed by atoms with van der Waals surface area (Å²) in [6.07, 6.45) is 0.432. The zero-order chi connectivity index (χ0) is 15.8. The molecule has 3 heterocycles. The van der Waals surface area contributed by atoms with E-state index >= 15 is 0 Å². The van der Waals surface area contributed by atoms with Crippen LogP contribution in [0.1, 0.15) is 16.1 Å².